The molecule has 2 N–H and O–H groups in total. The summed E-state index contributed by atoms with van der Waals surface area (Å²) in [4.78, 5) is 7.18. The number of nitrogen functional groups attached to an aromatic ring is 1. The number of pyridine rings is 1. The third-order valence-corrected chi connectivity index (χ3v) is 4.72. The van der Waals surface area contributed by atoms with Gasteiger partial charge in [0.1, 0.15) is 5.82 Å². The average molecular weight is 349 g/mol. The zero-order valence-electron chi connectivity index (χ0n) is 15.1. The molecule has 6 nitrogen and oxygen atoms in total. The first-order valence-corrected chi connectivity index (χ1v) is 8.80. The van der Waals surface area contributed by atoms with Crippen molar-refractivity contribution in [3.63, 3.8) is 0 Å². The molecule has 1 aliphatic rings. The maximum atomic E-state index is 6.04. The van der Waals surface area contributed by atoms with E-state index in [9.17, 15) is 0 Å². The van der Waals surface area contributed by atoms with Crippen LogP contribution < -0.4 is 10.6 Å². The van der Waals surface area contributed by atoms with Gasteiger partial charge in [0.25, 0.3) is 0 Å². The van der Waals surface area contributed by atoms with Gasteiger partial charge in [-0.2, -0.15) is 5.10 Å². The van der Waals surface area contributed by atoms with Crippen molar-refractivity contribution in [3.8, 4) is 22.4 Å². The van der Waals surface area contributed by atoms with E-state index in [-0.39, 0.29) is 0 Å². The number of aryl methyl sites for hydroxylation is 2. The molecule has 3 heterocycles. The van der Waals surface area contributed by atoms with Gasteiger partial charge in [-0.15, -0.1) is 0 Å². The highest BCUT2D eigenvalue weighted by atomic mass is 16.5. The van der Waals surface area contributed by atoms with Gasteiger partial charge in [-0.05, 0) is 47.9 Å². The van der Waals surface area contributed by atoms with Gasteiger partial charge >= 0.3 is 0 Å². The van der Waals surface area contributed by atoms with Crippen molar-refractivity contribution in [3.05, 3.63) is 48.3 Å². The van der Waals surface area contributed by atoms with Crippen molar-refractivity contribution < 1.29 is 4.74 Å². The smallest absolute Gasteiger partial charge is 0.130 e. The zero-order chi connectivity index (χ0) is 18.1. The van der Waals surface area contributed by atoms with Crippen LogP contribution in [0.3, 0.4) is 0 Å². The number of hydrogen-bond donors (Lipinski definition) is 1. The second-order valence-electron chi connectivity index (χ2n) is 6.68. The highest BCUT2D eigenvalue weighted by Crippen LogP contribution is 2.32. The maximum absolute atomic E-state index is 6.04. The summed E-state index contributed by atoms with van der Waals surface area (Å²) in [6, 6.07) is 10.3. The fourth-order valence-electron chi connectivity index (χ4n) is 3.28. The number of morpholine rings is 1. The van der Waals surface area contributed by atoms with E-state index in [0.29, 0.717) is 0 Å². The van der Waals surface area contributed by atoms with Gasteiger partial charge < -0.3 is 15.4 Å². The Hall–Kier alpha value is -2.86. The van der Waals surface area contributed by atoms with Gasteiger partial charge in [-0.3, -0.25) is 4.68 Å². The first kappa shape index (κ1) is 16.6. The zero-order valence-corrected chi connectivity index (χ0v) is 15.1. The predicted molar refractivity (Wildman–Crippen MR) is 104 cm³/mol. The van der Waals surface area contributed by atoms with Crippen molar-refractivity contribution in [2.45, 2.75) is 6.92 Å². The Morgan fingerprint density at radius 3 is 2.62 bits per heavy atom. The fourth-order valence-corrected chi connectivity index (χ4v) is 3.28. The van der Waals surface area contributed by atoms with E-state index in [4.69, 9.17) is 15.5 Å². The van der Waals surface area contributed by atoms with E-state index in [2.05, 4.69) is 35.1 Å². The summed E-state index contributed by atoms with van der Waals surface area (Å²) in [6.07, 6.45) is 3.84. The number of aromatic nitrogens is 3. The Balaban J connectivity index is 1.85. The van der Waals surface area contributed by atoms with Crippen LogP contribution in [0.25, 0.3) is 22.4 Å². The number of hydrogen-bond acceptors (Lipinski definition) is 5. The largest absolute Gasteiger partial charge is 0.399 e. The molecule has 0 bridgehead atoms. The molecule has 1 aromatic carbocycles. The number of benzene rings is 1. The van der Waals surface area contributed by atoms with Crippen LogP contribution in [0, 0.1) is 6.92 Å². The van der Waals surface area contributed by atoms with E-state index in [1.54, 1.807) is 4.68 Å². The molecule has 0 atom stereocenters. The molecule has 0 saturated carbocycles. The van der Waals surface area contributed by atoms with Crippen LogP contribution in [0.5, 0.6) is 0 Å². The fraction of sp³-hybridized carbons (Fsp3) is 0.300. The van der Waals surface area contributed by atoms with E-state index >= 15 is 0 Å². The minimum absolute atomic E-state index is 0.728. The number of rotatable bonds is 3. The molecular weight excluding hydrogens is 326 g/mol. The summed E-state index contributed by atoms with van der Waals surface area (Å²) in [6.45, 7) is 5.25. The molecular formula is C20H23N5O. The van der Waals surface area contributed by atoms with Crippen LogP contribution >= 0.6 is 0 Å². The van der Waals surface area contributed by atoms with Crippen molar-refractivity contribution in [1.82, 2.24) is 14.8 Å². The molecule has 1 fully saturated rings. The lowest BCUT2D eigenvalue weighted by Crippen LogP contribution is -2.36. The summed E-state index contributed by atoms with van der Waals surface area (Å²) >= 11 is 0. The quantitative estimate of drug-likeness (QED) is 0.736. The molecule has 0 radical (unpaired) electrons. The molecule has 4 rings (SSSR count). The number of anilines is 2. The summed E-state index contributed by atoms with van der Waals surface area (Å²) in [5.74, 6) is 0.964. The summed E-state index contributed by atoms with van der Waals surface area (Å²) in [5, 5.41) is 4.29. The minimum Gasteiger partial charge on any atom is -0.399 e. The molecule has 6 heteroatoms. The van der Waals surface area contributed by atoms with Gasteiger partial charge in [-0.1, -0.05) is 6.07 Å². The van der Waals surface area contributed by atoms with Crippen LogP contribution in [-0.4, -0.2) is 41.1 Å². The van der Waals surface area contributed by atoms with E-state index in [1.807, 2.05) is 31.6 Å². The summed E-state index contributed by atoms with van der Waals surface area (Å²) in [5.41, 5.74) is 12.2. The average Bonchev–Trinajstić information content (AvgIpc) is 3.10. The minimum atomic E-state index is 0.728. The van der Waals surface area contributed by atoms with Crippen LogP contribution in [-0.2, 0) is 11.8 Å². The van der Waals surface area contributed by atoms with Gasteiger partial charge in [0.2, 0.25) is 0 Å². The van der Waals surface area contributed by atoms with Crippen LogP contribution in [0.4, 0.5) is 11.5 Å². The van der Waals surface area contributed by atoms with Crippen molar-refractivity contribution in [2.75, 3.05) is 36.9 Å². The molecule has 0 aliphatic carbocycles. The monoisotopic (exact) mass is 349 g/mol. The second kappa shape index (κ2) is 6.80. The molecule has 0 unspecified atom stereocenters. The summed E-state index contributed by atoms with van der Waals surface area (Å²) in [7, 11) is 1.91. The lowest BCUT2D eigenvalue weighted by atomic mass is 9.99. The SMILES string of the molecule is Cc1ccc(N)cc1-c1cc(-c2cnn(C)c2)nc(N2CCOCC2)c1. The highest BCUT2D eigenvalue weighted by molar-refractivity contribution is 5.77. The van der Waals surface area contributed by atoms with E-state index in [0.717, 1.165) is 60.2 Å². The van der Waals surface area contributed by atoms with E-state index < -0.39 is 0 Å². The van der Waals surface area contributed by atoms with E-state index in [1.165, 1.54) is 5.56 Å². The third-order valence-electron chi connectivity index (χ3n) is 4.72. The van der Waals surface area contributed by atoms with Gasteiger partial charge in [0.05, 0.1) is 25.1 Å². The molecule has 3 aromatic rings. The van der Waals surface area contributed by atoms with Crippen LogP contribution in [0.2, 0.25) is 0 Å². The molecule has 134 valence electrons. The molecule has 26 heavy (non-hydrogen) atoms. The second-order valence-corrected chi connectivity index (χ2v) is 6.68. The summed E-state index contributed by atoms with van der Waals surface area (Å²) < 4.78 is 7.29. The molecule has 1 aliphatic heterocycles. The molecule has 0 amide bonds. The molecule has 1 saturated heterocycles. The van der Waals surface area contributed by atoms with Gasteiger partial charge in [0.15, 0.2) is 0 Å². The Morgan fingerprint density at radius 2 is 1.88 bits per heavy atom. The lowest BCUT2D eigenvalue weighted by Gasteiger charge is -2.28. The Labute approximate surface area is 153 Å². The van der Waals surface area contributed by atoms with Crippen molar-refractivity contribution in [2.24, 2.45) is 7.05 Å². The van der Waals surface area contributed by atoms with Gasteiger partial charge in [0, 0.05) is 37.6 Å². The Kier molecular flexibility index (Phi) is 4.34. The third kappa shape index (κ3) is 3.28. The Bertz CT molecular complexity index is 928. The van der Waals surface area contributed by atoms with Crippen LogP contribution in [0.1, 0.15) is 5.56 Å². The number of nitrogens with zero attached hydrogens (tertiary/aromatic N) is 4. The number of nitrogens with two attached hydrogens (primary N) is 1. The predicted octanol–water partition coefficient (Wildman–Crippen LogP) is 2.88. The maximum Gasteiger partial charge on any atom is 0.130 e. The lowest BCUT2D eigenvalue weighted by molar-refractivity contribution is 0.122. The topological polar surface area (TPSA) is 69.2 Å². The first-order valence-electron chi connectivity index (χ1n) is 8.80. The molecule has 2 aromatic heterocycles. The van der Waals surface area contributed by atoms with Crippen molar-refractivity contribution >= 4 is 11.5 Å². The Morgan fingerprint density at radius 1 is 1.08 bits per heavy atom. The standard InChI is InChI=1S/C20H23N5O/c1-14-3-4-17(21)11-18(14)15-9-19(16-12-22-24(2)13-16)23-20(10-15)25-5-7-26-8-6-25/h3-4,9-13H,5-8,21H2,1-2H3. The normalized spacial score (nSPS) is 14.6. The number of ether oxygens (including phenoxy) is 1. The van der Waals surface area contributed by atoms with Gasteiger partial charge in [-0.25, -0.2) is 4.98 Å². The highest BCUT2D eigenvalue weighted by Gasteiger charge is 2.16. The van der Waals surface area contributed by atoms with Crippen LogP contribution in [0.15, 0.2) is 42.7 Å². The first-order chi connectivity index (χ1) is 12.6. The molecule has 0 spiro atoms. The van der Waals surface area contributed by atoms with Crippen molar-refractivity contribution in [1.29, 1.82) is 0 Å².